The first-order valence-corrected chi connectivity index (χ1v) is 6.51. The van der Waals surface area contributed by atoms with Gasteiger partial charge in [0.05, 0.1) is 5.69 Å². The largest absolute Gasteiger partial charge is 0.311 e. The van der Waals surface area contributed by atoms with Crippen molar-refractivity contribution in [1.82, 2.24) is 15.2 Å². The molecule has 0 amide bonds. The number of nitrogens with zero attached hydrogens (tertiary/aromatic N) is 2. The molecule has 2 heterocycles. The molecule has 0 aliphatic carbocycles. The zero-order chi connectivity index (χ0) is 10.7. The zero-order valence-corrected chi connectivity index (χ0v) is 10.3. The maximum Gasteiger partial charge on any atom is 0.107 e. The van der Waals surface area contributed by atoms with E-state index in [1.54, 1.807) is 11.3 Å². The average Bonchev–Trinajstić information content (AvgIpc) is 2.83. The second-order valence-electron chi connectivity index (χ2n) is 4.19. The van der Waals surface area contributed by atoms with Gasteiger partial charge in [0.2, 0.25) is 0 Å². The van der Waals surface area contributed by atoms with Gasteiger partial charge in [0.25, 0.3) is 0 Å². The van der Waals surface area contributed by atoms with Gasteiger partial charge >= 0.3 is 0 Å². The third-order valence-electron chi connectivity index (χ3n) is 2.91. The van der Waals surface area contributed by atoms with E-state index in [2.05, 4.69) is 29.6 Å². The van der Waals surface area contributed by atoms with Crippen LogP contribution in [-0.2, 0) is 6.54 Å². The summed E-state index contributed by atoms with van der Waals surface area (Å²) in [4.78, 5) is 7.08. The molecule has 4 heteroatoms. The summed E-state index contributed by atoms with van der Waals surface area (Å²) in [7, 11) is 2.19. The van der Waals surface area contributed by atoms with Crippen molar-refractivity contribution in [1.29, 1.82) is 0 Å². The highest BCUT2D eigenvalue weighted by atomic mass is 32.1. The van der Waals surface area contributed by atoms with Gasteiger partial charge in [0.1, 0.15) is 5.01 Å². The summed E-state index contributed by atoms with van der Waals surface area (Å²) < 4.78 is 0. The molecule has 0 bridgehead atoms. The van der Waals surface area contributed by atoms with E-state index >= 15 is 0 Å². The standard InChI is InChI=1S/C11H19N3S/c1-3-12-6-11-13-10(8-15-11)9-4-5-14(2)7-9/h8-9,12H,3-7H2,1-2H3. The lowest BCUT2D eigenvalue weighted by atomic mass is 10.1. The third-order valence-corrected chi connectivity index (χ3v) is 3.77. The van der Waals surface area contributed by atoms with Crippen LogP contribution in [0.2, 0.25) is 0 Å². The fourth-order valence-corrected chi connectivity index (χ4v) is 2.85. The Morgan fingerprint density at radius 1 is 1.67 bits per heavy atom. The van der Waals surface area contributed by atoms with E-state index < -0.39 is 0 Å². The summed E-state index contributed by atoms with van der Waals surface area (Å²) in [5, 5.41) is 6.77. The van der Waals surface area contributed by atoms with E-state index in [4.69, 9.17) is 4.98 Å². The van der Waals surface area contributed by atoms with Crippen LogP contribution >= 0.6 is 11.3 Å². The van der Waals surface area contributed by atoms with Gasteiger partial charge in [-0.25, -0.2) is 4.98 Å². The second-order valence-corrected chi connectivity index (χ2v) is 5.14. The van der Waals surface area contributed by atoms with Crippen LogP contribution in [0.5, 0.6) is 0 Å². The molecule has 1 aliphatic heterocycles. The lowest BCUT2D eigenvalue weighted by molar-refractivity contribution is 0.411. The Balaban J connectivity index is 1.94. The van der Waals surface area contributed by atoms with E-state index in [-0.39, 0.29) is 0 Å². The molecule has 0 radical (unpaired) electrons. The molecule has 1 unspecified atom stereocenters. The van der Waals surface area contributed by atoms with Crippen molar-refractivity contribution in [3.63, 3.8) is 0 Å². The first-order chi connectivity index (χ1) is 7.29. The quantitative estimate of drug-likeness (QED) is 0.845. The zero-order valence-electron chi connectivity index (χ0n) is 9.49. The molecule has 2 rings (SSSR count). The Morgan fingerprint density at radius 2 is 2.53 bits per heavy atom. The maximum absolute atomic E-state index is 4.69. The minimum Gasteiger partial charge on any atom is -0.311 e. The highest BCUT2D eigenvalue weighted by molar-refractivity contribution is 7.09. The Kier molecular flexibility index (Phi) is 3.72. The van der Waals surface area contributed by atoms with Crippen LogP contribution < -0.4 is 5.32 Å². The topological polar surface area (TPSA) is 28.2 Å². The van der Waals surface area contributed by atoms with Crippen LogP contribution in [0, 0.1) is 0 Å². The second kappa shape index (κ2) is 5.05. The first kappa shape index (κ1) is 11.0. The van der Waals surface area contributed by atoms with Crippen molar-refractivity contribution < 1.29 is 0 Å². The van der Waals surface area contributed by atoms with E-state index in [0.717, 1.165) is 13.1 Å². The highest BCUT2D eigenvalue weighted by Crippen LogP contribution is 2.27. The van der Waals surface area contributed by atoms with Gasteiger partial charge in [-0.3, -0.25) is 0 Å². The molecule has 1 atom stereocenters. The Morgan fingerprint density at radius 3 is 3.20 bits per heavy atom. The molecule has 0 spiro atoms. The monoisotopic (exact) mass is 225 g/mol. The van der Waals surface area contributed by atoms with Crippen molar-refractivity contribution in [2.24, 2.45) is 0 Å². The summed E-state index contributed by atoms with van der Waals surface area (Å²) in [6.45, 7) is 6.44. The molecule has 1 fully saturated rings. The Hall–Kier alpha value is -0.450. The van der Waals surface area contributed by atoms with Gasteiger partial charge in [-0.2, -0.15) is 0 Å². The summed E-state index contributed by atoms with van der Waals surface area (Å²) >= 11 is 1.79. The molecule has 3 nitrogen and oxygen atoms in total. The fraction of sp³-hybridized carbons (Fsp3) is 0.727. The SMILES string of the molecule is CCNCc1nc(C2CCN(C)C2)cs1. The van der Waals surface area contributed by atoms with Crippen molar-refractivity contribution in [3.8, 4) is 0 Å². The lowest BCUT2D eigenvalue weighted by Crippen LogP contribution is -2.14. The van der Waals surface area contributed by atoms with Crippen LogP contribution in [0.1, 0.15) is 30.0 Å². The molecular weight excluding hydrogens is 206 g/mol. The molecule has 1 N–H and O–H groups in total. The van der Waals surface area contributed by atoms with Crippen molar-refractivity contribution in [2.75, 3.05) is 26.7 Å². The van der Waals surface area contributed by atoms with Crippen LogP contribution in [-0.4, -0.2) is 36.6 Å². The van der Waals surface area contributed by atoms with Crippen LogP contribution in [0.15, 0.2) is 5.38 Å². The predicted octanol–water partition coefficient (Wildman–Crippen LogP) is 1.67. The summed E-state index contributed by atoms with van der Waals surface area (Å²) in [5.74, 6) is 0.668. The molecule has 1 aromatic heterocycles. The minimum atomic E-state index is 0.668. The molecule has 15 heavy (non-hydrogen) atoms. The maximum atomic E-state index is 4.69. The van der Waals surface area contributed by atoms with Crippen LogP contribution in [0.3, 0.4) is 0 Å². The normalized spacial score (nSPS) is 22.4. The van der Waals surface area contributed by atoms with Crippen molar-refractivity contribution in [3.05, 3.63) is 16.1 Å². The number of likely N-dealkylation sites (tertiary alicyclic amines) is 1. The Bertz CT molecular complexity index is 311. The molecular formula is C11H19N3S. The number of rotatable bonds is 4. The van der Waals surface area contributed by atoms with Gasteiger partial charge in [-0.15, -0.1) is 11.3 Å². The smallest absolute Gasteiger partial charge is 0.107 e. The molecule has 84 valence electrons. The van der Waals surface area contributed by atoms with E-state index in [9.17, 15) is 0 Å². The predicted molar refractivity (Wildman–Crippen MR) is 64.3 cm³/mol. The van der Waals surface area contributed by atoms with E-state index in [1.807, 2.05) is 0 Å². The number of nitrogens with one attached hydrogen (secondary N) is 1. The molecule has 0 aromatic carbocycles. The van der Waals surface area contributed by atoms with Crippen LogP contribution in [0.25, 0.3) is 0 Å². The van der Waals surface area contributed by atoms with Gasteiger partial charge < -0.3 is 10.2 Å². The highest BCUT2D eigenvalue weighted by Gasteiger charge is 2.22. The molecule has 0 saturated carbocycles. The summed E-state index contributed by atoms with van der Waals surface area (Å²) in [6.07, 6.45) is 1.26. The first-order valence-electron chi connectivity index (χ1n) is 5.63. The average molecular weight is 225 g/mol. The van der Waals surface area contributed by atoms with Crippen molar-refractivity contribution in [2.45, 2.75) is 25.8 Å². The fourth-order valence-electron chi connectivity index (χ4n) is 2.00. The van der Waals surface area contributed by atoms with Crippen LogP contribution in [0.4, 0.5) is 0 Å². The van der Waals surface area contributed by atoms with E-state index in [0.29, 0.717) is 5.92 Å². The van der Waals surface area contributed by atoms with Gasteiger partial charge in [0, 0.05) is 24.4 Å². The van der Waals surface area contributed by atoms with Gasteiger partial charge in [0.15, 0.2) is 0 Å². The van der Waals surface area contributed by atoms with Gasteiger partial charge in [-0.1, -0.05) is 6.92 Å². The number of hydrogen-bond donors (Lipinski definition) is 1. The lowest BCUT2D eigenvalue weighted by Gasteiger charge is -2.07. The van der Waals surface area contributed by atoms with E-state index in [1.165, 1.54) is 30.2 Å². The summed E-state index contributed by atoms with van der Waals surface area (Å²) in [6, 6.07) is 0. The number of thiazole rings is 1. The van der Waals surface area contributed by atoms with Crippen molar-refractivity contribution >= 4 is 11.3 Å². The number of likely N-dealkylation sites (N-methyl/N-ethyl adjacent to an activating group) is 1. The minimum absolute atomic E-state index is 0.668. The summed E-state index contributed by atoms with van der Waals surface area (Å²) in [5.41, 5.74) is 1.30. The third kappa shape index (κ3) is 2.77. The molecule has 1 saturated heterocycles. The number of aromatic nitrogens is 1. The molecule has 1 aromatic rings. The Labute approximate surface area is 95.5 Å². The number of hydrogen-bond acceptors (Lipinski definition) is 4. The van der Waals surface area contributed by atoms with Gasteiger partial charge in [-0.05, 0) is 26.6 Å². The molecule has 1 aliphatic rings.